The number of carbonyl (C=O) groups is 1. The van der Waals surface area contributed by atoms with Crippen LogP contribution < -0.4 is 14.8 Å². The summed E-state index contributed by atoms with van der Waals surface area (Å²) in [4.78, 5) is 17.5. The van der Waals surface area contributed by atoms with Crippen LogP contribution in [0.15, 0.2) is 90.2 Å². The van der Waals surface area contributed by atoms with Crippen molar-refractivity contribution in [3.63, 3.8) is 0 Å². The largest absolute Gasteiger partial charge is 0.490 e. The number of benzene rings is 3. The number of aromatic nitrogens is 1. The second kappa shape index (κ2) is 14.9. The maximum atomic E-state index is 10.6. The topological polar surface area (TPSA) is 137 Å². The normalized spacial score (nSPS) is 14.1. The molecule has 0 aliphatic carbocycles. The third-order valence-electron chi connectivity index (χ3n) is 6.66. The van der Waals surface area contributed by atoms with Crippen LogP contribution in [0.4, 0.5) is 13.2 Å². The van der Waals surface area contributed by atoms with Gasteiger partial charge in [-0.05, 0) is 47.4 Å². The lowest BCUT2D eigenvalue weighted by atomic mass is 9.97. The summed E-state index contributed by atoms with van der Waals surface area (Å²) < 4.78 is 44.1. The molecule has 232 valence electrons. The molecule has 9 nitrogen and oxygen atoms in total. The van der Waals surface area contributed by atoms with Crippen LogP contribution in [0.2, 0.25) is 0 Å². The van der Waals surface area contributed by atoms with Gasteiger partial charge < -0.3 is 25.0 Å². The lowest BCUT2D eigenvalue weighted by molar-refractivity contribution is -0.192. The molecule has 0 amide bonds. The van der Waals surface area contributed by atoms with Crippen LogP contribution >= 0.6 is 0 Å². The predicted molar refractivity (Wildman–Crippen MR) is 160 cm³/mol. The Balaban J connectivity index is 0.000000591. The Morgan fingerprint density at radius 3 is 2.44 bits per heavy atom. The molecule has 1 aliphatic heterocycles. The number of nitriles is 1. The first-order valence-electron chi connectivity index (χ1n) is 13.7. The lowest BCUT2D eigenvalue weighted by Gasteiger charge is -2.21. The minimum atomic E-state index is -5.08. The van der Waals surface area contributed by atoms with Gasteiger partial charge in [-0.1, -0.05) is 48.5 Å². The number of carboxylic acid groups (broad SMARTS) is 1. The minimum absolute atomic E-state index is 0.229. The van der Waals surface area contributed by atoms with Crippen molar-refractivity contribution in [3.8, 4) is 28.7 Å². The van der Waals surface area contributed by atoms with Gasteiger partial charge in [-0.15, -0.1) is 0 Å². The number of amidine groups is 1. The van der Waals surface area contributed by atoms with Crippen molar-refractivity contribution in [3.05, 3.63) is 113 Å². The Morgan fingerprint density at radius 2 is 1.78 bits per heavy atom. The average molecular weight is 619 g/mol. The highest BCUT2D eigenvalue weighted by molar-refractivity contribution is 6.01. The fourth-order valence-corrected chi connectivity index (χ4v) is 4.34. The second-order valence-corrected chi connectivity index (χ2v) is 9.91. The number of aliphatic imine (C=N–C) groups is 1. The van der Waals surface area contributed by atoms with Gasteiger partial charge in [0.05, 0.1) is 23.8 Å². The molecule has 0 saturated heterocycles. The molecular weight excluding hydrogens is 589 g/mol. The van der Waals surface area contributed by atoms with E-state index in [1.54, 1.807) is 12.3 Å². The van der Waals surface area contributed by atoms with E-state index < -0.39 is 18.2 Å². The monoisotopic (exact) mass is 618 g/mol. The Hall–Kier alpha value is -5.41. The van der Waals surface area contributed by atoms with Gasteiger partial charge in [0.1, 0.15) is 36.6 Å². The first kappa shape index (κ1) is 32.5. The van der Waals surface area contributed by atoms with E-state index in [2.05, 4.69) is 58.6 Å². The zero-order chi connectivity index (χ0) is 32.4. The molecule has 5 rings (SSSR count). The molecule has 0 fully saturated rings. The highest BCUT2D eigenvalue weighted by atomic mass is 19.4. The number of aliphatic hydroxyl groups excluding tert-OH is 1. The molecular formula is C33H29F3N4O5. The van der Waals surface area contributed by atoms with Gasteiger partial charge in [-0.2, -0.15) is 18.4 Å². The number of ether oxygens (including phenoxy) is 2. The number of β-amino-alcohol motifs (C(OH)–C–C–N with tert-alkyl or cyclic N) is 1. The van der Waals surface area contributed by atoms with E-state index in [1.165, 1.54) is 22.9 Å². The summed E-state index contributed by atoms with van der Waals surface area (Å²) in [5, 5.41) is 29.3. The van der Waals surface area contributed by atoms with Crippen molar-refractivity contribution in [2.75, 3.05) is 13.1 Å². The van der Waals surface area contributed by atoms with E-state index in [4.69, 9.17) is 19.4 Å². The molecule has 3 aromatic carbocycles. The maximum Gasteiger partial charge on any atom is 0.490 e. The molecule has 3 N–H and O–H groups in total. The van der Waals surface area contributed by atoms with Crippen molar-refractivity contribution in [1.82, 2.24) is 10.3 Å². The number of pyridine rings is 1. The second-order valence-electron chi connectivity index (χ2n) is 9.91. The average Bonchev–Trinajstić information content (AvgIpc) is 3.04. The van der Waals surface area contributed by atoms with Crippen LogP contribution in [-0.4, -0.2) is 52.4 Å². The minimum Gasteiger partial charge on any atom is -0.489 e. The van der Waals surface area contributed by atoms with Crippen molar-refractivity contribution in [2.45, 2.75) is 32.4 Å². The van der Waals surface area contributed by atoms with Crippen LogP contribution in [0, 0.1) is 18.3 Å². The summed E-state index contributed by atoms with van der Waals surface area (Å²) >= 11 is 0. The van der Waals surface area contributed by atoms with Crippen LogP contribution in [0.25, 0.3) is 11.1 Å². The Bertz CT molecular complexity index is 1710. The summed E-state index contributed by atoms with van der Waals surface area (Å²) in [6.45, 7) is 3.49. The number of alkyl halides is 3. The molecule has 2 heterocycles. The van der Waals surface area contributed by atoms with Crippen molar-refractivity contribution in [2.24, 2.45) is 4.99 Å². The summed E-state index contributed by atoms with van der Waals surface area (Å²) in [7, 11) is 0. The van der Waals surface area contributed by atoms with Crippen molar-refractivity contribution < 1.29 is 37.7 Å². The zero-order valence-corrected chi connectivity index (χ0v) is 24.1. The summed E-state index contributed by atoms with van der Waals surface area (Å²) in [6.07, 6.45) is -2.40. The Labute approximate surface area is 257 Å². The number of rotatable bonds is 8. The Morgan fingerprint density at radius 1 is 1.02 bits per heavy atom. The summed E-state index contributed by atoms with van der Waals surface area (Å²) in [5.74, 6) is -0.851. The van der Waals surface area contributed by atoms with Crippen LogP contribution in [0.3, 0.4) is 0 Å². The van der Waals surface area contributed by atoms with E-state index in [9.17, 15) is 23.5 Å². The number of aliphatic hydroxyl groups is 1. The van der Waals surface area contributed by atoms with E-state index in [-0.39, 0.29) is 6.61 Å². The molecule has 1 atom stereocenters. The molecule has 45 heavy (non-hydrogen) atoms. The fraction of sp³-hybridized carbons (Fsp3) is 0.212. The molecule has 0 bridgehead atoms. The van der Waals surface area contributed by atoms with Gasteiger partial charge in [-0.25, -0.2) is 4.79 Å². The van der Waals surface area contributed by atoms with E-state index >= 15 is 0 Å². The van der Waals surface area contributed by atoms with Gasteiger partial charge in [0.25, 0.3) is 0 Å². The number of hydrogen-bond acceptors (Lipinski definition) is 8. The molecule has 0 spiro atoms. The highest BCUT2D eigenvalue weighted by Crippen LogP contribution is 2.29. The molecule has 0 saturated carbocycles. The number of halogens is 3. The number of aliphatic carboxylic acids is 1. The fourth-order valence-electron chi connectivity index (χ4n) is 4.34. The lowest BCUT2D eigenvalue weighted by Crippen LogP contribution is -2.39. The number of nitrogens with one attached hydrogen (secondary N) is 1. The van der Waals surface area contributed by atoms with Crippen LogP contribution in [0.1, 0.15) is 27.8 Å². The van der Waals surface area contributed by atoms with E-state index in [0.717, 1.165) is 16.7 Å². The van der Waals surface area contributed by atoms with Gasteiger partial charge in [-0.3, -0.25) is 9.98 Å². The molecule has 1 unspecified atom stereocenters. The van der Waals surface area contributed by atoms with Crippen LogP contribution in [-0.2, 0) is 18.0 Å². The molecule has 0 radical (unpaired) electrons. The first-order chi connectivity index (χ1) is 21.5. The third-order valence-corrected chi connectivity index (χ3v) is 6.66. The zero-order valence-electron chi connectivity index (χ0n) is 24.1. The van der Waals surface area contributed by atoms with Gasteiger partial charge in [0.15, 0.2) is 0 Å². The predicted octanol–water partition coefficient (Wildman–Crippen LogP) is 5.43. The first-order valence-corrected chi connectivity index (χ1v) is 13.7. The van der Waals surface area contributed by atoms with E-state index in [1.807, 2.05) is 36.4 Å². The smallest absolute Gasteiger partial charge is 0.489 e. The molecule has 4 aromatic rings. The van der Waals surface area contributed by atoms with E-state index in [0.29, 0.717) is 42.6 Å². The van der Waals surface area contributed by atoms with Gasteiger partial charge in [0.2, 0.25) is 0 Å². The van der Waals surface area contributed by atoms with Crippen molar-refractivity contribution in [1.29, 1.82) is 5.26 Å². The van der Waals surface area contributed by atoms with Crippen molar-refractivity contribution >= 4 is 11.8 Å². The number of hydrogen-bond donors (Lipinski definition) is 3. The number of carboxylic acids is 1. The Kier molecular flexibility index (Phi) is 10.7. The van der Waals surface area contributed by atoms with Gasteiger partial charge in [0, 0.05) is 30.6 Å². The number of nitrogens with zero attached hydrogens (tertiary/aromatic N) is 3. The standard InChI is InChI=1S/C31H28N4O3.C2HF3O2/c1-21-25(8-5-9-28(21)24-6-3-2-4-7-24)20-37-27-10-11-29(31-34-17-26(36)18-35-31)30(13-27)38-19-23-12-22(14-32)15-33-16-23;3-2(4,5)1(6)7/h2-13,15-16,26,36H,17-20H2,1H3,(H,34,35);(H,6,7). The quantitative estimate of drug-likeness (QED) is 0.238. The summed E-state index contributed by atoms with van der Waals surface area (Å²) in [6, 6.07) is 26.1. The van der Waals surface area contributed by atoms with Gasteiger partial charge >= 0.3 is 12.1 Å². The molecule has 12 heteroatoms. The van der Waals surface area contributed by atoms with Crippen LogP contribution in [0.5, 0.6) is 11.5 Å². The SMILES string of the molecule is Cc1c(COc2ccc(C3=NCC(O)CN3)c(OCc3cncc(C#N)c3)c2)cccc1-c1ccccc1.O=C(O)C(F)(F)F. The maximum absolute atomic E-state index is 10.6. The summed E-state index contributed by atoms with van der Waals surface area (Å²) in [5.41, 5.74) is 6.67. The molecule has 1 aliphatic rings. The highest BCUT2D eigenvalue weighted by Gasteiger charge is 2.38. The molecule has 1 aromatic heterocycles. The third kappa shape index (κ3) is 9.04.